The summed E-state index contributed by atoms with van der Waals surface area (Å²) in [7, 11) is 1.74. The van der Waals surface area contributed by atoms with Gasteiger partial charge in [-0.15, -0.1) is 24.0 Å². The Hall–Kier alpha value is -2.49. The summed E-state index contributed by atoms with van der Waals surface area (Å²) in [5.74, 6) is 2.22. The van der Waals surface area contributed by atoms with Crippen LogP contribution in [0.4, 0.5) is 0 Å². The van der Waals surface area contributed by atoms with Crippen LogP contribution >= 0.6 is 24.0 Å². The Labute approximate surface area is 201 Å². The number of carbonyl (C=O) groups is 1. The number of halogens is 1. The maximum absolute atomic E-state index is 11.8. The molecule has 1 fully saturated rings. The van der Waals surface area contributed by atoms with Gasteiger partial charge in [0, 0.05) is 26.2 Å². The highest BCUT2D eigenvalue weighted by atomic mass is 127. The second-order valence-corrected chi connectivity index (χ2v) is 7.15. The molecule has 3 N–H and O–H groups in total. The summed E-state index contributed by atoms with van der Waals surface area (Å²) in [5.41, 5.74) is 1.05. The zero-order valence-corrected chi connectivity index (χ0v) is 20.1. The van der Waals surface area contributed by atoms with Crippen LogP contribution in [0.15, 0.2) is 59.6 Å². The van der Waals surface area contributed by atoms with Crippen LogP contribution in [0, 0.1) is 0 Å². The van der Waals surface area contributed by atoms with Gasteiger partial charge in [-0.3, -0.25) is 9.79 Å². The number of guanidine groups is 1. The SMILES string of the molecule is CN=C(NCCCOc1ccccc1)NCc1cccc(OCC(=O)NC2CC2)c1.I. The summed E-state index contributed by atoms with van der Waals surface area (Å²) in [6.07, 6.45) is 3.01. The first-order valence-electron chi connectivity index (χ1n) is 10.4. The summed E-state index contributed by atoms with van der Waals surface area (Å²) >= 11 is 0. The minimum absolute atomic E-state index is 0. The Morgan fingerprint density at radius 1 is 1.03 bits per heavy atom. The van der Waals surface area contributed by atoms with E-state index in [1.807, 2.05) is 54.6 Å². The molecule has 8 heteroatoms. The highest BCUT2D eigenvalue weighted by Gasteiger charge is 2.23. The minimum atomic E-state index is -0.0677. The fourth-order valence-corrected chi connectivity index (χ4v) is 2.78. The van der Waals surface area contributed by atoms with Crippen molar-refractivity contribution in [1.29, 1.82) is 0 Å². The Morgan fingerprint density at radius 2 is 1.81 bits per heavy atom. The molecule has 0 bridgehead atoms. The van der Waals surface area contributed by atoms with Crippen molar-refractivity contribution in [3.8, 4) is 11.5 Å². The Morgan fingerprint density at radius 3 is 2.55 bits per heavy atom. The highest BCUT2D eigenvalue weighted by Crippen LogP contribution is 2.18. The largest absolute Gasteiger partial charge is 0.494 e. The summed E-state index contributed by atoms with van der Waals surface area (Å²) in [6.45, 7) is 2.04. The van der Waals surface area contributed by atoms with Gasteiger partial charge in [-0.05, 0) is 49.1 Å². The van der Waals surface area contributed by atoms with E-state index < -0.39 is 0 Å². The van der Waals surface area contributed by atoms with Gasteiger partial charge in [0.2, 0.25) is 0 Å². The van der Waals surface area contributed by atoms with Crippen LogP contribution in [-0.4, -0.2) is 44.7 Å². The molecular formula is C23H31IN4O3. The van der Waals surface area contributed by atoms with Gasteiger partial charge in [0.05, 0.1) is 6.61 Å². The molecule has 31 heavy (non-hydrogen) atoms. The average molecular weight is 538 g/mol. The van der Waals surface area contributed by atoms with Crippen LogP contribution in [0.3, 0.4) is 0 Å². The van der Waals surface area contributed by atoms with E-state index in [4.69, 9.17) is 9.47 Å². The number of hydrogen-bond donors (Lipinski definition) is 3. The molecule has 0 atom stereocenters. The van der Waals surface area contributed by atoms with E-state index in [1.54, 1.807) is 7.05 Å². The smallest absolute Gasteiger partial charge is 0.258 e. The summed E-state index contributed by atoms with van der Waals surface area (Å²) in [6, 6.07) is 17.8. The fourth-order valence-electron chi connectivity index (χ4n) is 2.78. The van der Waals surface area contributed by atoms with Crippen molar-refractivity contribution in [3.05, 3.63) is 60.2 Å². The predicted octanol–water partition coefficient (Wildman–Crippen LogP) is 3.10. The predicted molar refractivity (Wildman–Crippen MR) is 133 cm³/mol. The second-order valence-electron chi connectivity index (χ2n) is 7.15. The lowest BCUT2D eigenvalue weighted by molar-refractivity contribution is -0.123. The van der Waals surface area contributed by atoms with Crippen LogP contribution in [0.1, 0.15) is 24.8 Å². The first kappa shape index (κ1) is 24.8. The third-order valence-electron chi connectivity index (χ3n) is 4.52. The molecule has 0 aliphatic heterocycles. The summed E-state index contributed by atoms with van der Waals surface area (Å²) < 4.78 is 11.3. The Bertz CT molecular complexity index is 829. The molecule has 3 rings (SSSR count). The molecule has 0 radical (unpaired) electrons. The van der Waals surface area contributed by atoms with Gasteiger partial charge < -0.3 is 25.4 Å². The fraction of sp³-hybridized carbons (Fsp3) is 0.391. The van der Waals surface area contributed by atoms with Crippen molar-refractivity contribution in [2.24, 2.45) is 4.99 Å². The van der Waals surface area contributed by atoms with Crippen LogP contribution in [0.5, 0.6) is 11.5 Å². The molecule has 1 aliphatic carbocycles. The van der Waals surface area contributed by atoms with E-state index in [0.29, 0.717) is 24.9 Å². The highest BCUT2D eigenvalue weighted by molar-refractivity contribution is 14.0. The molecule has 0 unspecified atom stereocenters. The Balaban J connectivity index is 0.00000341. The number of ether oxygens (including phenoxy) is 2. The molecule has 0 saturated heterocycles. The molecule has 1 aliphatic rings. The van der Waals surface area contributed by atoms with Crippen LogP contribution in [0.25, 0.3) is 0 Å². The lowest BCUT2D eigenvalue weighted by Gasteiger charge is -2.13. The molecule has 7 nitrogen and oxygen atoms in total. The van der Waals surface area contributed by atoms with E-state index in [1.165, 1.54) is 0 Å². The molecule has 168 valence electrons. The van der Waals surface area contributed by atoms with E-state index in [9.17, 15) is 4.79 Å². The summed E-state index contributed by atoms with van der Waals surface area (Å²) in [4.78, 5) is 16.0. The van der Waals surface area contributed by atoms with Gasteiger partial charge >= 0.3 is 0 Å². The number of para-hydroxylation sites is 1. The topological polar surface area (TPSA) is 84.0 Å². The molecule has 0 heterocycles. The minimum Gasteiger partial charge on any atom is -0.494 e. The van der Waals surface area contributed by atoms with Crippen molar-refractivity contribution in [3.63, 3.8) is 0 Å². The molecule has 2 aromatic rings. The number of rotatable bonds is 11. The van der Waals surface area contributed by atoms with Crippen molar-refractivity contribution in [2.45, 2.75) is 31.8 Å². The number of aliphatic imine (C=N–C) groups is 1. The van der Waals surface area contributed by atoms with Crippen molar-refractivity contribution < 1.29 is 14.3 Å². The van der Waals surface area contributed by atoms with Crippen LogP contribution in [-0.2, 0) is 11.3 Å². The molecule has 1 saturated carbocycles. The lowest BCUT2D eigenvalue weighted by Crippen LogP contribution is -2.37. The normalized spacial score (nSPS) is 13.0. The van der Waals surface area contributed by atoms with Crippen LogP contribution < -0.4 is 25.4 Å². The van der Waals surface area contributed by atoms with Gasteiger partial charge in [-0.2, -0.15) is 0 Å². The monoisotopic (exact) mass is 538 g/mol. The van der Waals surface area contributed by atoms with E-state index >= 15 is 0 Å². The van der Waals surface area contributed by atoms with Gasteiger partial charge in [0.25, 0.3) is 5.91 Å². The number of amides is 1. The molecule has 2 aromatic carbocycles. The number of nitrogens with one attached hydrogen (secondary N) is 3. The van der Waals surface area contributed by atoms with E-state index in [0.717, 1.165) is 43.1 Å². The molecular weight excluding hydrogens is 507 g/mol. The van der Waals surface area contributed by atoms with Crippen molar-refractivity contribution >= 4 is 35.8 Å². The van der Waals surface area contributed by atoms with Gasteiger partial charge in [0.1, 0.15) is 11.5 Å². The number of nitrogens with zero attached hydrogens (tertiary/aromatic N) is 1. The average Bonchev–Trinajstić information content (AvgIpc) is 3.59. The van der Waals surface area contributed by atoms with Crippen LogP contribution in [0.2, 0.25) is 0 Å². The maximum atomic E-state index is 11.8. The third-order valence-corrected chi connectivity index (χ3v) is 4.52. The van der Waals surface area contributed by atoms with Gasteiger partial charge in [-0.1, -0.05) is 30.3 Å². The lowest BCUT2D eigenvalue weighted by atomic mass is 10.2. The Kier molecular flexibility index (Phi) is 11.0. The number of carbonyl (C=O) groups excluding carboxylic acids is 1. The first-order chi connectivity index (χ1) is 14.7. The molecule has 1 amide bonds. The van der Waals surface area contributed by atoms with E-state index in [-0.39, 0.29) is 36.5 Å². The summed E-state index contributed by atoms with van der Waals surface area (Å²) in [5, 5.41) is 9.48. The standard InChI is InChI=1S/C23H30N4O3.HI/c1-24-23(25-13-6-14-29-20-8-3-2-4-9-20)26-16-18-7-5-10-21(15-18)30-17-22(28)27-19-11-12-19;/h2-5,7-10,15,19H,6,11-14,16-17H2,1H3,(H,27,28)(H2,24,25,26);1H. The number of hydrogen-bond acceptors (Lipinski definition) is 4. The third kappa shape index (κ3) is 9.91. The quantitative estimate of drug-likeness (QED) is 0.177. The zero-order chi connectivity index (χ0) is 21.0. The van der Waals surface area contributed by atoms with Gasteiger partial charge in [-0.25, -0.2) is 0 Å². The molecule has 0 spiro atoms. The first-order valence-corrected chi connectivity index (χ1v) is 10.4. The van der Waals surface area contributed by atoms with Crippen molar-refractivity contribution in [1.82, 2.24) is 16.0 Å². The second kappa shape index (κ2) is 13.7. The van der Waals surface area contributed by atoms with Crippen molar-refractivity contribution in [2.75, 3.05) is 26.8 Å². The number of benzene rings is 2. The van der Waals surface area contributed by atoms with Gasteiger partial charge in [0.15, 0.2) is 12.6 Å². The molecule has 0 aromatic heterocycles. The zero-order valence-electron chi connectivity index (χ0n) is 17.8. The van der Waals surface area contributed by atoms with E-state index in [2.05, 4.69) is 20.9 Å². The maximum Gasteiger partial charge on any atom is 0.258 e.